The highest BCUT2D eigenvalue weighted by Gasteiger charge is 2.51. The molecule has 43 heavy (non-hydrogen) atoms. The first-order chi connectivity index (χ1) is 20.7. The van der Waals surface area contributed by atoms with Gasteiger partial charge in [0, 0.05) is 44.9 Å². The van der Waals surface area contributed by atoms with Crippen molar-refractivity contribution in [3.05, 3.63) is 114 Å². The van der Waals surface area contributed by atoms with E-state index in [-0.39, 0.29) is 42.3 Å². The normalized spacial score (nSPS) is 20.1. The number of esters is 2. The zero-order valence-electron chi connectivity index (χ0n) is 23.3. The van der Waals surface area contributed by atoms with E-state index in [4.69, 9.17) is 26.8 Å². The molecular weight excluding hydrogens is 594 g/mol. The number of non-ortho nitro benzene ring substituents is 1. The number of nitrogens with two attached hydrogens (primary N) is 1. The molecule has 1 aliphatic heterocycles. The van der Waals surface area contributed by atoms with Gasteiger partial charge < -0.3 is 15.2 Å². The maximum Gasteiger partial charge on any atom is 0.338 e. The lowest BCUT2D eigenvalue weighted by Crippen LogP contribution is -2.46. The fourth-order valence-electron chi connectivity index (χ4n) is 5.75. The molecule has 1 aliphatic carbocycles. The third-order valence-corrected chi connectivity index (χ3v) is 8.72. The third-order valence-electron chi connectivity index (χ3n) is 7.48. The van der Waals surface area contributed by atoms with Crippen molar-refractivity contribution in [2.24, 2.45) is 11.7 Å². The molecule has 2 N–H and O–H groups in total. The molecule has 5 rings (SSSR count). The molecule has 2 heterocycles. The molecule has 2 aromatic carbocycles. The number of hydrogen-bond acceptors (Lipinski definition) is 10. The minimum Gasteiger partial charge on any atom is -0.465 e. The Morgan fingerprint density at radius 3 is 2.42 bits per heavy atom. The van der Waals surface area contributed by atoms with E-state index in [0.717, 1.165) is 4.88 Å². The van der Waals surface area contributed by atoms with Gasteiger partial charge in [0.15, 0.2) is 5.78 Å². The van der Waals surface area contributed by atoms with Gasteiger partial charge in [0.25, 0.3) is 5.69 Å². The molecule has 12 heteroatoms. The van der Waals surface area contributed by atoms with Gasteiger partial charge in [0.05, 0.1) is 29.6 Å². The van der Waals surface area contributed by atoms with E-state index in [1.807, 2.05) is 17.5 Å². The lowest BCUT2D eigenvalue weighted by atomic mass is 9.68. The van der Waals surface area contributed by atoms with Gasteiger partial charge in [-0.3, -0.25) is 24.6 Å². The summed E-state index contributed by atoms with van der Waals surface area (Å²) in [7, 11) is 0. The van der Waals surface area contributed by atoms with Crippen molar-refractivity contribution < 1.29 is 28.8 Å². The molecule has 0 spiro atoms. The first-order valence-electron chi connectivity index (χ1n) is 13.6. The van der Waals surface area contributed by atoms with Crippen LogP contribution in [0.2, 0.25) is 5.02 Å². The Hall–Kier alpha value is -4.48. The number of Topliss-reactive ketones (excluding diaryl/α,β-unsaturated/α-hetero) is 1. The second-order valence-electron chi connectivity index (χ2n) is 9.90. The molecule has 0 fully saturated rings. The van der Waals surface area contributed by atoms with Crippen molar-refractivity contribution in [2.45, 2.75) is 32.1 Å². The molecule has 1 aromatic heterocycles. The van der Waals surface area contributed by atoms with Gasteiger partial charge in [-0.1, -0.05) is 29.8 Å². The molecule has 0 saturated heterocycles. The lowest BCUT2D eigenvalue weighted by Gasteiger charge is -2.43. The number of rotatable bonds is 8. The number of ether oxygens (including phenoxy) is 2. The number of nitrogens with zero attached hydrogens (tertiary/aromatic N) is 2. The van der Waals surface area contributed by atoms with Gasteiger partial charge in [-0.25, -0.2) is 4.79 Å². The monoisotopic (exact) mass is 621 g/mol. The summed E-state index contributed by atoms with van der Waals surface area (Å²) >= 11 is 7.79. The molecule has 0 bridgehead atoms. The van der Waals surface area contributed by atoms with Gasteiger partial charge >= 0.3 is 11.9 Å². The van der Waals surface area contributed by atoms with Gasteiger partial charge in [-0.15, -0.1) is 11.3 Å². The van der Waals surface area contributed by atoms with Crippen molar-refractivity contribution in [1.29, 1.82) is 0 Å². The average molecular weight is 622 g/mol. The highest BCUT2D eigenvalue weighted by Crippen LogP contribution is 2.52. The van der Waals surface area contributed by atoms with Crippen molar-refractivity contribution in [3.8, 4) is 0 Å². The number of nitro benzene ring substituents is 1. The Balaban J connectivity index is 1.81. The standard InChI is InChI=1S/C31H28ClN3O7S/c1-3-41-30(37)25-21(23-9-6-14-43-23)16-22-26(28(25)36)24(17-7-5-8-18(32)15-17)27(31(38)42-4-2)29(33)34(22)19-10-12-20(13-11-19)35(39)40/h5-15,21,24-25H,3-4,16,33H2,1-2H3. The molecule has 3 atom stereocenters. The largest absolute Gasteiger partial charge is 0.465 e. The smallest absolute Gasteiger partial charge is 0.338 e. The molecule has 3 aromatic rings. The van der Waals surface area contributed by atoms with Crippen LogP contribution in [0.4, 0.5) is 11.4 Å². The van der Waals surface area contributed by atoms with Crippen LogP contribution in [0.5, 0.6) is 0 Å². The van der Waals surface area contributed by atoms with Crippen LogP contribution in [0.15, 0.2) is 88.7 Å². The van der Waals surface area contributed by atoms with E-state index < -0.39 is 40.4 Å². The Bertz CT molecular complexity index is 1650. The van der Waals surface area contributed by atoms with Crippen LogP contribution < -0.4 is 10.6 Å². The molecule has 2 aliphatic rings. The quantitative estimate of drug-likeness (QED) is 0.142. The molecule has 3 unspecified atom stereocenters. The molecule has 0 saturated carbocycles. The van der Waals surface area contributed by atoms with E-state index in [0.29, 0.717) is 22.0 Å². The number of ketones is 1. The number of carbonyl (C=O) groups is 3. The lowest BCUT2D eigenvalue weighted by molar-refractivity contribution is -0.384. The van der Waals surface area contributed by atoms with Gasteiger partial charge in [-0.05, 0) is 61.5 Å². The Kier molecular flexibility index (Phi) is 8.65. The zero-order chi connectivity index (χ0) is 30.8. The van der Waals surface area contributed by atoms with Crippen LogP contribution in [-0.4, -0.2) is 35.9 Å². The number of allylic oxidation sites excluding steroid dienone is 2. The van der Waals surface area contributed by atoms with Crippen molar-refractivity contribution in [3.63, 3.8) is 0 Å². The SMILES string of the molecule is CCOC(=O)C1=C(N)N(c2ccc([N+](=O)[O-])cc2)C2=C(C(=O)C(C(=O)OCC)C(c3cccs3)C2)C1c1cccc(Cl)c1. The van der Waals surface area contributed by atoms with Gasteiger partial charge in [-0.2, -0.15) is 0 Å². The number of nitro groups is 1. The molecule has 0 radical (unpaired) electrons. The minimum atomic E-state index is -1.18. The first kappa shape index (κ1) is 30.0. The van der Waals surface area contributed by atoms with Crippen molar-refractivity contribution in [1.82, 2.24) is 0 Å². The topological polar surface area (TPSA) is 142 Å². The predicted molar refractivity (Wildman–Crippen MR) is 161 cm³/mol. The number of anilines is 1. The van der Waals surface area contributed by atoms with E-state index in [2.05, 4.69) is 0 Å². The zero-order valence-corrected chi connectivity index (χ0v) is 24.9. The fourth-order valence-corrected chi connectivity index (χ4v) is 6.81. The van der Waals surface area contributed by atoms with Crippen LogP contribution in [-0.2, 0) is 23.9 Å². The summed E-state index contributed by atoms with van der Waals surface area (Å²) < 4.78 is 10.8. The maximum atomic E-state index is 14.7. The maximum absolute atomic E-state index is 14.7. The van der Waals surface area contributed by atoms with Crippen LogP contribution in [0, 0.1) is 16.0 Å². The number of thiophene rings is 1. The summed E-state index contributed by atoms with van der Waals surface area (Å²) in [5.74, 6) is -4.68. The molecule has 0 amide bonds. The Morgan fingerprint density at radius 1 is 1.09 bits per heavy atom. The summed E-state index contributed by atoms with van der Waals surface area (Å²) in [6, 6.07) is 16.1. The number of carbonyl (C=O) groups excluding carboxylic acids is 3. The van der Waals surface area contributed by atoms with Crippen LogP contribution >= 0.6 is 22.9 Å². The van der Waals surface area contributed by atoms with E-state index in [9.17, 15) is 24.5 Å². The van der Waals surface area contributed by atoms with Crippen LogP contribution in [0.1, 0.15) is 42.5 Å². The summed E-state index contributed by atoms with van der Waals surface area (Å²) in [5.41, 5.74) is 8.23. The summed E-state index contributed by atoms with van der Waals surface area (Å²) in [6.45, 7) is 3.45. The van der Waals surface area contributed by atoms with Crippen LogP contribution in [0.3, 0.4) is 0 Å². The fraction of sp³-hybridized carbons (Fsp3) is 0.258. The van der Waals surface area contributed by atoms with Crippen molar-refractivity contribution in [2.75, 3.05) is 18.1 Å². The Morgan fingerprint density at radius 2 is 1.81 bits per heavy atom. The van der Waals surface area contributed by atoms with Gasteiger partial charge in [0.2, 0.25) is 0 Å². The van der Waals surface area contributed by atoms with Crippen LogP contribution in [0.25, 0.3) is 0 Å². The van der Waals surface area contributed by atoms with Crippen molar-refractivity contribution >= 4 is 52.0 Å². The third kappa shape index (κ3) is 5.53. The predicted octanol–water partition coefficient (Wildman–Crippen LogP) is 5.84. The summed E-state index contributed by atoms with van der Waals surface area (Å²) in [4.78, 5) is 55.0. The van der Waals surface area contributed by atoms with E-state index >= 15 is 0 Å². The van der Waals surface area contributed by atoms with E-state index in [1.165, 1.54) is 35.6 Å². The number of halogens is 1. The average Bonchev–Trinajstić information content (AvgIpc) is 3.52. The second-order valence-corrected chi connectivity index (χ2v) is 11.3. The molecular formula is C31H28ClN3O7S. The molecule has 10 nitrogen and oxygen atoms in total. The van der Waals surface area contributed by atoms with Gasteiger partial charge in [0.1, 0.15) is 11.7 Å². The number of benzene rings is 2. The van der Waals surface area contributed by atoms with E-state index in [1.54, 1.807) is 43.0 Å². The Labute approximate surface area is 256 Å². The minimum absolute atomic E-state index is 0.00310. The number of hydrogen-bond donors (Lipinski definition) is 1. The highest BCUT2D eigenvalue weighted by molar-refractivity contribution is 7.10. The summed E-state index contributed by atoms with van der Waals surface area (Å²) in [6.07, 6.45) is 0.190. The first-order valence-corrected chi connectivity index (χ1v) is 14.9. The second kappa shape index (κ2) is 12.4. The summed E-state index contributed by atoms with van der Waals surface area (Å²) in [5, 5.41) is 13.6. The highest BCUT2D eigenvalue weighted by atomic mass is 35.5. The molecule has 222 valence electrons.